The minimum atomic E-state index is -3.60. The van der Waals surface area contributed by atoms with Gasteiger partial charge in [0.25, 0.3) is 0 Å². The number of carbonyl (C=O) groups is 1. The second kappa shape index (κ2) is 9.74. The fourth-order valence-electron chi connectivity index (χ4n) is 3.62. The number of benzene rings is 2. The normalized spacial score (nSPS) is 17.8. The minimum Gasteiger partial charge on any atom is -0.356 e. The van der Waals surface area contributed by atoms with Gasteiger partial charge in [-0.15, -0.1) is 0 Å². The van der Waals surface area contributed by atoms with Gasteiger partial charge >= 0.3 is 0 Å². The van der Waals surface area contributed by atoms with Gasteiger partial charge in [-0.2, -0.15) is 4.31 Å². The van der Waals surface area contributed by atoms with Crippen molar-refractivity contribution in [1.29, 1.82) is 0 Å². The van der Waals surface area contributed by atoms with Gasteiger partial charge in [0, 0.05) is 30.6 Å². The van der Waals surface area contributed by atoms with Gasteiger partial charge in [-0.3, -0.25) is 4.79 Å². The van der Waals surface area contributed by atoms with Gasteiger partial charge in [0.15, 0.2) is 0 Å². The number of nitrogens with zero attached hydrogens (tertiary/aromatic N) is 1. The number of hydrogen-bond acceptors (Lipinski definition) is 3. The molecule has 0 radical (unpaired) electrons. The Morgan fingerprint density at radius 3 is 2.48 bits per heavy atom. The number of aryl methyl sites for hydroxylation is 1. The Bertz CT molecular complexity index is 928. The molecule has 29 heavy (non-hydrogen) atoms. The molecule has 1 aliphatic rings. The van der Waals surface area contributed by atoms with Crippen LogP contribution in [0.1, 0.15) is 36.8 Å². The van der Waals surface area contributed by atoms with E-state index in [1.807, 2.05) is 31.2 Å². The van der Waals surface area contributed by atoms with Crippen LogP contribution in [0, 0.1) is 6.92 Å². The molecule has 0 spiro atoms. The van der Waals surface area contributed by atoms with E-state index in [-0.39, 0.29) is 23.3 Å². The minimum absolute atomic E-state index is 0.116. The molecule has 3 rings (SSSR count). The van der Waals surface area contributed by atoms with Crippen LogP contribution in [0.4, 0.5) is 0 Å². The highest BCUT2D eigenvalue weighted by molar-refractivity contribution is 7.89. The van der Waals surface area contributed by atoms with Crippen molar-refractivity contribution in [3.05, 3.63) is 64.7 Å². The number of sulfonamides is 1. The lowest BCUT2D eigenvalue weighted by molar-refractivity contribution is -0.122. The van der Waals surface area contributed by atoms with E-state index in [1.54, 1.807) is 24.3 Å². The maximum absolute atomic E-state index is 13.1. The Balaban J connectivity index is 1.59. The van der Waals surface area contributed by atoms with Crippen LogP contribution in [0.15, 0.2) is 53.4 Å². The lowest BCUT2D eigenvalue weighted by atomic mass is 10.0. The lowest BCUT2D eigenvalue weighted by Crippen LogP contribution is -2.46. The average molecular weight is 435 g/mol. The van der Waals surface area contributed by atoms with Crippen LogP contribution in [0.5, 0.6) is 0 Å². The fourth-order valence-corrected chi connectivity index (χ4v) is 5.44. The van der Waals surface area contributed by atoms with E-state index in [2.05, 4.69) is 5.32 Å². The molecule has 0 saturated carbocycles. The van der Waals surface area contributed by atoms with Crippen molar-refractivity contribution in [3.63, 3.8) is 0 Å². The van der Waals surface area contributed by atoms with Crippen molar-refractivity contribution in [3.8, 4) is 0 Å². The SMILES string of the molecule is Cc1ccc(S(=O)(=O)N2CCCCC2CC(=O)NCCc2ccc(Cl)cc2)cc1. The molecule has 1 saturated heterocycles. The lowest BCUT2D eigenvalue weighted by Gasteiger charge is -2.34. The van der Waals surface area contributed by atoms with E-state index in [0.717, 1.165) is 24.0 Å². The largest absolute Gasteiger partial charge is 0.356 e. The quantitative estimate of drug-likeness (QED) is 0.717. The molecule has 156 valence electrons. The maximum atomic E-state index is 13.1. The van der Waals surface area contributed by atoms with Crippen LogP contribution in [0.3, 0.4) is 0 Å². The molecule has 1 aliphatic heterocycles. The summed E-state index contributed by atoms with van der Waals surface area (Å²) in [5.74, 6) is -0.116. The van der Waals surface area contributed by atoms with Crippen LogP contribution in [0.2, 0.25) is 5.02 Å². The van der Waals surface area contributed by atoms with Gasteiger partial charge in [-0.25, -0.2) is 8.42 Å². The molecular formula is C22H27ClN2O3S. The van der Waals surface area contributed by atoms with Crippen LogP contribution in [-0.2, 0) is 21.2 Å². The van der Waals surface area contributed by atoms with E-state index in [9.17, 15) is 13.2 Å². The molecule has 2 aromatic carbocycles. The van der Waals surface area contributed by atoms with Crippen molar-refractivity contribution >= 4 is 27.5 Å². The van der Waals surface area contributed by atoms with Gasteiger partial charge in [0.05, 0.1) is 4.90 Å². The standard InChI is InChI=1S/C22H27ClN2O3S/c1-17-5-11-21(12-6-17)29(27,28)25-15-3-2-4-20(25)16-22(26)24-14-13-18-7-9-19(23)10-8-18/h5-12,20H,2-4,13-16H2,1H3,(H,24,26). The molecule has 1 amide bonds. The van der Waals surface area contributed by atoms with E-state index in [1.165, 1.54) is 4.31 Å². The highest BCUT2D eigenvalue weighted by atomic mass is 35.5. The summed E-state index contributed by atoms with van der Waals surface area (Å²) >= 11 is 5.88. The van der Waals surface area contributed by atoms with Gasteiger partial charge in [0.2, 0.25) is 15.9 Å². The van der Waals surface area contributed by atoms with Gasteiger partial charge in [0.1, 0.15) is 0 Å². The van der Waals surface area contributed by atoms with E-state index in [4.69, 9.17) is 11.6 Å². The Hall–Kier alpha value is -1.89. The molecule has 1 fully saturated rings. The zero-order valence-electron chi connectivity index (χ0n) is 16.6. The number of hydrogen-bond donors (Lipinski definition) is 1. The molecule has 0 aromatic heterocycles. The second-order valence-corrected chi connectivity index (χ2v) is 9.84. The van der Waals surface area contributed by atoms with E-state index in [0.29, 0.717) is 31.0 Å². The fraction of sp³-hybridized carbons (Fsp3) is 0.409. The van der Waals surface area contributed by atoms with Crippen LogP contribution in [0.25, 0.3) is 0 Å². The topological polar surface area (TPSA) is 66.5 Å². The third kappa shape index (κ3) is 5.81. The van der Waals surface area contributed by atoms with Crippen LogP contribution in [-0.4, -0.2) is 37.8 Å². The summed E-state index contributed by atoms with van der Waals surface area (Å²) in [6.45, 7) is 2.89. The molecule has 1 unspecified atom stereocenters. The van der Waals surface area contributed by atoms with Crippen LogP contribution < -0.4 is 5.32 Å². The van der Waals surface area contributed by atoms with Gasteiger partial charge in [-0.05, 0) is 56.0 Å². The Morgan fingerprint density at radius 1 is 1.10 bits per heavy atom. The van der Waals surface area contributed by atoms with Crippen molar-refractivity contribution < 1.29 is 13.2 Å². The number of halogens is 1. The number of piperidine rings is 1. The van der Waals surface area contributed by atoms with Crippen molar-refractivity contribution in [1.82, 2.24) is 9.62 Å². The third-order valence-corrected chi connectivity index (χ3v) is 7.49. The monoisotopic (exact) mass is 434 g/mol. The molecule has 0 bridgehead atoms. The summed E-state index contributed by atoms with van der Waals surface area (Å²) in [5.41, 5.74) is 2.11. The summed E-state index contributed by atoms with van der Waals surface area (Å²) < 4.78 is 27.7. The van der Waals surface area contributed by atoms with E-state index < -0.39 is 10.0 Å². The van der Waals surface area contributed by atoms with Gasteiger partial charge in [-0.1, -0.05) is 47.9 Å². The Kier molecular flexibility index (Phi) is 7.33. The third-order valence-electron chi connectivity index (χ3n) is 5.27. The Morgan fingerprint density at radius 2 is 1.79 bits per heavy atom. The van der Waals surface area contributed by atoms with E-state index >= 15 is 0 Å². The van der Waals surface area contributed by atoms with Crippen molar-refractivity contribution in [2.24, 2.45) is 0 Å². The first kappa shape index (κ1) is 21.8. The highest BCUT2D eigenvalue weighted by Crippen LogP contribution is 2.27. The zero-order valence-corrected chi connectivity index (χ0v) is 18.2. The molecule has 1 heterocycles. The molecule has 5 nitrogen and oxygen atoms in total. The first-order chi connectivity index (χ1) is 13.9. The molecule has 2 aromatic rings. The highest BCUT2D eigenvalue weighted by Gasteiger charge is 2.34. The summed E-state index contributed by atoms with van der Waals surface area (Å²) in [4.78, 5) is 12.7. The molecule has 1 atom stereocenters. The Labute approximate surface area is 178 Å². The molecule has 0 aliphatic carbocycles. The summed E-state index contributed by atoms with van der Waals surface area (Å²) in [6, 6.07) is 14.1. The average Bonchev–Trinajstić information content (AvgIpc) is 2.70. The predicted molar refractivity (Wildman–Crippen MR) is 115 cm³/mol. The van der Waals surface area contributed by atoms with Crippen molar-refractivity contribution in [2.45, 2.75) is 50.0 Å². The number of rotatable bonds is 7. The van der Waals surface area contributed by atoms with Gasteiger partial charge < -0.3 is 5.32 Å². The number of nitrogens with one attached hydrogen (secondary N) is 1. The zero-order chi connectivity index (χ0) is 20.9. The summed E-state index contributed by atoms with van der Waals surface area (Å²) in [7, 11) is -3.60. The maximum Gasteiger partial charge on any atom is 0.243 e. The number of amides is 1. The predicted octanol–water partition coefficient (Wildman–Crippen LogP) is 3.94. The number of carbonyl (C=O) groups excluding carboxylic acids is 1. The van der Waals surface area contributed by atoms with Crippen LogP contribution >= 0.6 is 11.6 Å². The molecule has 1 N–H and O–H groups in total. The smallest absolute Gasteiger partial charge is 0.243 e. The first-order valence-electron chi connectivity index (χ1n) is 9.96. The molecule has 7 heteroatoms. The second-order valence-electron chi connectivity index (χ2n) is 7.51. The summed E-state index contributed by atoms with van der Waals surface area (Å²) in [6.07, 6.45) is 3.35. The summed E-state index contributed by atoms with van der Waals surface area (Å²) in [5, 5.41) is 3.60. The van der Waals surface area contributed by atoms with Crippen molar-refractivity contribution in [2.75, 3.05) is 13.1 Å². The first-order valence-corrected chi connectivity index (χ1v) is 11.8. The molecular weight excluding hydrogens is 408 g/mol.